The van der Waals surface area contributed by atoms with E-state index in [-0.39, 0.29) is 11.9 Å². The van der Waals surface area contributed by atoms with Crippen LogP contribution in [0.2, 0.25) is 0 Å². The maximum Gasteiger partial charge on any atom is 0.251 e. The molecule has 122 valence electrons. The van der Waals surface area contributed by atoms with Crippen molar-refractivity contribution in [2.75, 3.05) is 13.7 Å². The van der Waals surface area contributed by atoms with E-state index in [4.69, 9.17) is 9.47 Å². The topological polar surface area (TPSA) is 47.6 Å². The van der Waals surface area contributed by atoms with Crippen LogP contribution in [0.15, 0.2) is 48.5 Å². The molecule has 2 aromatic carbocycles. The summed E-state index contributed by atoms with van der Waals surface area (Å²) in [5, 5.41) is 3.01. The van der Waals surface area contributed by atoms with Gasteiger partial charge in [-0.25, -0.2) is 0 Å². The molecule has 0 radical (unpaired) electrons. The van der Waals surface area contributed by atoms with Crippen LogP contribution < -0.4 is 10.1 Å². The molecule has 0 bridgehead atoms. The Kier molecular flexibility index (Phi) is 6.18. The number of nitrogens with one attached hydrogen (secondary N) is 1. The number of benzene rings is 2. The number of rotatable bonds is 7. The van der Waals surface area contributed by atoms with Crippen molar-refractivity contribution in [2.24, 2.45) is 0 Å². The minimum Gasteiger partial charge on any atom is -0.494 e. The third-order valence-corrected chi connectivity index (χ3v) is 3.57. The lowest BCUT2D eigenvalue weighted by atomic mass is 10.1. The van der Waals surface area contributed by atoms with Crippen LogP contribution in [0.5, 0.6) is 5.75 Å². The lowest BCUT2D eigenvalue weighted by Gasteiger charge is -2.16. The van der Waals surface area contributed by atoms with E-state index in [9.17, 15) is 4.79 Å². The van der Waals surface area contributed by atoms with Crippen LogP contribution >= 0.6 is 0 Å². The first-order chi connectivity index (χ1) is 11.2. The van der Waals surface area contributed by atoms with Gasteiger partial charge in [-0.1, -0.05) is 30.3 Å². The van der Waals surface area contributed by atoms with Gasteiger partial charge in [0.05, 0.1) is 19.3 Å². The lowest BCUT2D eigenvalue weighted by molar-refractivity contribution is 0.0939. The summed E-state index contributed by atoms with van der Waals surface area (Å²) in [6.07, 6.45) is 0. The fourth-order valence-corrected chi connectivity index (χ4v) is 2.39. The molecule has 1 N–H and O–H groups in total. The van der Waals surface area contributed by atoms with Crippen LogP contribution in [-0.2, 0) is 11.3 Å². The van der Waals surface area contributed by atoms with Crippen molar-refractivity contribution in [3.8, 4) is 5.75 Å². The minimum atomic E-state index is -0.109. The molecular weight excluding hydrogens is 290 g/mol. The third-order valence-electron chi connectivity index (χ3n) is 3.57. The molecule has 0 spiro atoms. The number of ether oxygens (including phenoxy) is 2. The Bertz CT molecular complexity index is 640. The number of amides is 1. The van der Waals surface area contributed by atoms with Gasteiger partial charge in [-0.05, 0) is 37.6 Å². The largest absolute Gasteiger partial charge is 0.494 e. The van der Waals surface area contributed by atoms with Crippen molar-refractivity contribution in [1.29, 1.82) is 0 Å². The van der Waals surface area contributed by atoms with Crippen LogP contribution in [0.3, 0.4) is 0 Å². The number of methoxy groups -OCH3 is 1. The molecular formula is C19H23NO3. The Balaban J connectivity index is 2.14. The molecule has 0 saturated heterocycles. The molecule has 1 atom stereocenters. The molecule has 4 heteroatoms. The molecule has 0 unspecified atom stereocenters. The first kappa shape index (κ1) is 17.0. The molecule has 1 amide bonds. The molecule has 2 aromatic rings. The van der Waals surface area contributed by atoms with Crippen molar-refractivity contribution >= 4 is 5.91 Å². The maximum atomic E-state index is 12.5. The second-order valence-corrected chi connectivity index (χ2v) is 5.29. The average Bonchev–Trinajstić information content (AvgIpc) is 2.57. The van der Waals surface area contributed by atoms with E-state index in [1.807, 2.05) is 56.3 Å². The predicted octanol–water partition coefficient (Wildman–Crippen LogP) is 3.72. The highest BCUT2D eigenvalue weighted by atomic mass is 16.5. The SMILES string of the molecule is CCOc1ccc(C(=O)N[C@@H](C)c2ccccc2)cc1COC. The van der Waals surface area contributed by atoms with Gasteiger partial charge in [0.2, 0.25) is 0 Å². The Morgan fingerprint density at radius 2 is 1.91 bits per heavy atom. The second-order valence-electron chi connectivity index (χ2n) is 5.29. The van der Waals surface area contributed by atoms with Gasteiger partial charge in [0.15, 0.2) is 0 Å². The maximum absolute atomic E-state index is 12.5. The van der Waals surface area contributed by atoms with Gasteiger partial charge in [-0.15, -0.1) is 0 Å². The van der Waals surface area contributed by atoms with Crippen molar-refractivity contribution in [3.63, 3.8) is 0 Å². The van der Waals surface area contributed by atoms with E-state index >= 15 is 0 Å². The third kappa shape index (κ3) is 4.57. The Morgan fingerprint density at radius 1 is 1.17 bits per heavy atom. The summed E-state index contributed by atoms with van der Waals surface area (Å²) in [6.45, 7) is 4.88. The summed E-state index contributed by atoms with van der Waals surface area (Å²) in [6, 6.07) is 15.2. The van der Waals surface area contributed by atoms with Crippen LogP contribution in [0, 0.1) is 0 Å². The van der Waals surface area contributed by atoms with Crippen LogP contribution in [0.4, 0.5) is 0 Å². The molecule has 0 aromatic heterocycles. The first-order valence-electron chi connectivity index (χ1n) is 7.76. The average molecular weight is 313 g/mol. The molecule has 0 aliphatic rings. The molecule has 0 saturated carbocycles. The number of carbonyl (C=O) groups excluding carboxylic acids is 1. The lowest BCUT2D eigenvalue weighted by Crippen LogP contribution is -2.26. The van der Waals surface area contributed by atoms with Gasteiger partial charge in [0.1, 0.15) is 5.75 Å². The molecule has 2 rings (SSSR count). The molecule has 0 heterocycles. The zero-order chi connectivity index (χ0) is 16.7. The minimum absolute atomic E-state index is 0.0545. The number of hydrogen-bond acceptors (Lipinski definition) is 3. The Labute approximate surface area is 137 Å². The standard InChI is InChI=1S/C19H23NO3/c1-4-23-18-11-10-16(12-17(18)13-22-3)19(21)20-14(2)15-8-6-5-7-9-15/h5-12,14H,4,13H2,1-3H3,(H,20,21)/t14-/m0/s1. The molecule has 4 nitrogen and oxygen atoms in total. The second kappa shape index (κ2) is 8.34. The summed E-state index contributed by atoms with van der Waals surface area (Å²) in [4.78, 5) is 12.5. The van der Waals surface area contributed by atoms with Gasteiger partial charge in [-0.2, -0.15) is 0 Å². The van der Waals surface area contributed by atoms with Crippen LogP contribution in [0.25, 0.3) is 0 Å². The van der Waals surface area contributed by atoms with Gasteiger partial charge in [0, 0.05) is 18.2 Å². The van der Waals surface area contributed by atoms with Crippen LogP contribution in [-0.4, -0.2) is 19.6 Å². The summed E-state index contributed by atoms with van der Waals surface area (Å²) >= 11 is 0. The van der Waals surface area contributed by atoms with E-state index in [0.717, 1.165) is 16.9 Å². The predicted molar refractivity (Wildman–Crippen MR) is 90.6 cm³/mol. The van der Waals surface area contributed by atoms with Gasteiger partial charge in [0.25, 0.3) is 5.91 Å². The highest BCUT2D eigenvalue weighted by molar-refractivity contribution is 5.94. The van der Waals surface area contributed by atoms with Crippen molar-refractivity contribution in [1.82, 2.24) is 5.32 Å². The van der Waals surface area contributed by atoms with E-state index in [1.165, 1.54) is 0 Å². The first-order valence-corrected chi connectivity index (χ1v) is 7.76. The van der Waals surface area contributed by atoms with Gasteiger partial charge < -0.3 is 14.8 Å². The molecule has 0 aliphatic carbocycles. The summed E-state index contributed by atoms with van der Waals surface area (Å²) in [5.41, 5.74) is 2.54. The highest BCUT2D eigenvalue weighted by Crippen LogP contribution is 2.22. The quantitative estimate of drug-likeness (QED) is 0.847. The normalized spacial score (nSPS) is 11.8. The number of carbonyl (C=O) groups is 1. The fourth-order valence-electron chi connectivity index (χ4n) is 2.39. The summed E-state index contributed by atoms with van der Waals surface area (Å²) in [7, 11) is 1.62. The smallest absolute Gasteiger partial charge is 0.251 e. The summed E-state index contributed by atoms with van der Waals surface area (Å²) < 4.78 is 10.8. The zero-order valence-electron chi connectivity index (χ0n) is 13.8. The fraction of sp³-hybridized carbons (Fsp3) is 0.316. The van der Waals surface area contributed by atoms with Crippen molar-refractivity contribution < 1.29 is 14.3 Å². The highest BCUT2D eigenvalue weighted by Gasteiger charge is 2.13. The van der Waals surface area contributed by atoms with Gasteiger partial charge in [-0.3, -0.25) is 4.79 Å². The Morgan fingerprint density at radius 3 is 2.57 bits per heavy atom. The monoisotopic (exact) mass is 313 g/mol. The van der Waals surface area contributed by atoms with E-state index in [2.05, 4.69) is 5.32 Å². The zero-order valence-corrected chi connectivity index (χ0v) is 13.8. The van der Waals surface area contributed by atoms with Crippen molar-refractivity contribution in [2.45, 2.75) is 26.5 Å². The number of hydrogen-bond donors (Lipinski definition) is 1. The van der Waals surface area contributed by atoms with E-state index in [1.54, 1.807) is 13.2 Å². The molecule has 0 fully saturated rings. The van der Waals surface area contributed by atoms with Crippen LogP contribution in [0.1, 0.15) is 41.4 Å². The van der Waals surface area contributed by atoms with E-state index in [0.29, 0.717) is 18.8 Å². The van der Waals surface area contributed by atoms with Crippen molar-refractivity contribution in [3.05, 3.63) is 65.2 Å². The molecule has 23 heavy (non-hydrogen) atoms. The van der Waals surface area contributed by atoms with E-state index < -0.39 is 0 Å². The molecule has 0 aliphatic heterocycles. The van der Waals surface area contributed by atoms with Gasteiger partial charge >= 0.3 is 0 Å². The summed E-state index contributed by atoms with van der Waals surface area (Å²) in [5.74, 6) is 0.642. The Hall–Kier alpha value is -2.33.